The summed E-state index contributed by atoms with van der Waals surface area (Å²) in [5.74, 6) is 0.0523. The molecule has 0 unspecified atom stereocenters. The second-order valence-corrected chi connectivity index (χ2v) is 20.4. The highest BCUT2D eigenvalue weighted by Crippen LogP contribution is 2.40. The molecule has 40 heavy (non-hydrogen) atoms. The molecular formula is C32H52O5SSi2. The number of rotatable bonds is 14. The van der Waals surface area contributed by atoms with Gasteiger partial charge in [-0.1, -0.05) is 60.6 Å². The predicted molar refractivity (Wildman–Crippen MR) is 175 cm³/mol. The highest BCUT2D eigenvalue weighted by atomic mass is 32.1. The predicted octanol–water partition coefficient (Wildman–Crippen LogP) is 8.09. The summed E-state index contributed by atoms with van der Waals surface area (Å²) < 4.78 is 19.6. The van der Waals surface area contributed by atoms with Gasteiger partial charge in [0.05, 0.1) is 11.2 Å². The van der Waals surface area contributed by atoms with E-state index in [1.807, 2.05) is 6.08 Å². The third-order valence-electron chi connectivity index (χ3n) is 6.56. The molecule has 0 amide bonds. The summed E-state index contributed by atoms with van der Waals surface area (Å²) in [5.41, 5.74) is 3.71. The van der Waals surface area contributed by atoms with Gasteiger partial charge in [0.2, 0.25) is 0 Å². The van der Waals surface area contributed by atoms with E-state index in [2.05, 4.69) is 106 Å². The normalized spacial score (nSPS) is 14.1. The second-order valence-electron chi connectivity index (χ2n) is 14.0. The van der Waals surface area contributed by atoms with Crippen molar-refractivity contribution in [1.29, 1.82) is 0 Å². The molecule has 2 aromatic rings. The summed E-state index contributed by atoms with van der Waals surface area (Å²) in [6, 6.07) is 8.52. The van der Waals surface area contributed by atoms with E-state index in [-0.39, 0.29) is 16.5 Å². The maximum Gasteiger partial charge on any atom is 0.303 e. The first kappa shape index (κ1) is 34.5. The Balaban J connectivity index is 2.31. The van der Waals surface area contributed by atoms with Crippen molar-refractivity contribution in [1.82, 2.24) is 0 Å². The van der Waals surface area contributed by atoms with Crippen LogP contribution in [0.3, 0.4) is 0 Å². The van der Waals surface area contributed by atoms with E-state index < -0.39 is 36.7 Å². The van der Waals surface area contributed by atoms with Gasteiger partial charge in [0.1, 0.15) is 12.4 Å². The molecule has 1 aromatic heterocycles. The summed E-state index contributed by atoms with van der Waals surface area (Å²) in [7, 11) is -1.54. The molecule has 2 rings (SSSR count). The first-order valence-corrected chi connectivity index (χ1v) is 17.8. The minimum atomic E-state index is -0.785. The van der Waals surface area contributed by atoms with Crippen molar-refractivity contribution in [3.63, 3.8) is 0 Å². The molecule has 0 aliphatic heterocycles. The van der Waals surface area contributed by atoms with E-state index in [9.17, 15) is 4.79 Å². The molecule has 224 valence electrons. The molecule has 8 heteroatoms. The van der Waals surface area contributed by atoms with Crippen molar-refractivity contribution in [3.05, 3.63) is 57.3 Å². The molecule has 0 atom stereocenters. The van der Waals surface area contributed by atoms with Crippen LogP contribution in [0.5, 0.6) is 5.75 Å². The zero-order valence-corrected chi connectivity index (χ0v) is 30.3. The van der Waals surface area contributed by atoms with Crippen LogP contribution in [0.2, 0.25) is 10.1 Å². The largest absolute Gasteiger partial charge is 0.488 e. The van der Waals surface area contributed by atoms with Crippen LogP contribution >= 0.6 is 11.3 Å². The molecule has 0 radical (unpaired) electrons. The van der Waals surface area contributed by atoms with Gasteiger partial charge in [0.15, 0.2) is 19.5 Å². The topological polar surface area (TPSA) is 65.0 Å². The van der Waals surface area contributed by atoms with Gasteiger partial charge in [-0.05, 0) is 96.5 Å². The number of aliphatic carboxylic acids is 1. The molecule has 0 aliphatic carbocycles. The van der Waals surface area contributed by atoms with Crippen LogP contribution in [0, 0.1) is 0 Å². The molecule has 1 N–H and O–H groups in total. The van der Waals surface area contributed by atoms with Crippen LogP contribution in [0.1, 0.15) is 117 Å². The smallest absolute Gasteiger partial charge is 0.303 e. The molecule has 1 aromatic carbocycles. The average molecular weight is 605 g/mol. The van der Waals surface area contributed by atoms with Crippen LogP contribution in [0.4, 0.5) is 0 Å². The fourth-order valence-corrected chi connectivity index (χ4v) is 6.92. The van der Waals surface area contributed by atoms with E-state index in [1.54, 1.807) is 11.3 Å². The van der Waals surface area contributed by atoms with E-state index in [4.69, 9.17) is 18.7 Å². The SMILES string of the molecule is CCC(=CCCC(=O)O)c1csc(COc2ccc(C(C)(C)O[SiH2]C(C)(C)C)c(C(C)(C)O[SiH2]C(C)(C)C)c2)c1. The maximum absolute atomic E-state index is 10.9. The van der Waals surface area contributed by atoms with Gasteiger partial charge in [0.25, 0.3) is 0 Å². The monoisotopic (exact) mass is 604 g/mol. The number of ether oxygens (including phenoxy) is 1. The summed E-state index contributed by atoms with van der Waals surface area (Å²) in [6.45, 7) is 24.8. The quantitative estimate of drug-likeness (QED) is 0.221. The van der Waals surface area contributed by atoms with Crippen LogP contribution in [0.15, 0.2) is 35.7 Å². The van der Waals surface area contributed by atoms with Crippen molar-refractivity contribution in [2.45, 2.75) is 123 Å². The Bertz CT molecular complexity index is 1150. The van der Waals surface area contributed by atoms with Gasteiger partial charge >= 0.3 is 5.97 Å². The Labute approximate surface area is 251 Å². The number of thiophene rings is 1. The molecule has 0 spiro atoms. The van der Waals surface area contributed by atoms with Gasteiger partial charge in [-0.2, -0.15) is 0 Å². The Morgan fingerprint density at radius 3 is 2.00 bits per heavy atom. The van der Waals surface area contributed by atoms with Crippen LogP contribution in [-0.2, 0) is 31.5 Å². The molecular weight excluding hydrogens is 553 g/mol. The van der Waals surface area contributed by atoms with Crippen molar-refractivity contribution in [2.24, 2.45) is 0 Å². The van der Waals surface area contributed by atoms with Crippen LogP contribution in [0.25, 0.3) is 5.57 Å². The molecule has 5 nitrogen and oxygen atoms in total. The van der Waals surface area contributed by atoms with Crippen LogP contribution in [-0.4, -0.2) is 30.6 Å². The number of carbonyl (C=O) groups is 1. The number of allylic oxidation sites excluding steroid dienone is 2. The standard InChI is InChI=1S/C32H52O5SSi2/c1-12-22(14-13-15-28(33)34)23-18-25(38-21-23)20-35-24-16-17-26(31(8,9)36-39-29(2,3)4)27(19-24)32(10,11)37-40-30(5,6)7/h14,16-19,21H,12-13,15,20,39-40H2,1-11H3,(H,33,34). The molecule has 0 aliphatic rings. The molecule has 0 saturated heterocycles. The van der Waals surface area contributed by atoms with Gasteiger partial charge in [-0.3, -0.25) is 4.79 Å². The summed E-state index contributed by atoms with van der Waals surface area (Å²) >= 11 is 1.67. The molecule has 0 fully saturated rings. The Morgan fingerprint density at radius 1 is 0.900 bits per heavy atom. The minimum Gasteiger partial charge on any atom is -0.488 e. The lowest BCUT2D eigenvalue weighted by atomic mass is 9.85. The van der Waals surface area contributed by atoms with Crippen molar-refractivity contribution in [2.75, 3.05) is 0 Å². The number of carboxylic acids is 1. The third-order valence-corrected chi connectivity index (χ3v) is 10.9. The van der Waals surface area contributed by atoms with E-state index in [1.165, 1.54) is 5.57 Å². The molecule has 1 heterocycles. The number of hydrogen-bond acceptors (Lipinski definition) is 5. The third kappa shape index (κ3) is 11.3. The van der Waals surface area contributed by atoms with Crippen LogP contribution < -0.4 is 4.74 Å². The minimum absolute atomic E-state index is 0.153. The van der Waals surface area contributed by atoms with Gasteiger partial charge in [0, 0.05) is 11.3 Å². The first-order chi connectivity index (χ1) is 18.3. The number of hydrogen-bond donors (Lipinski definition) is 1. The molecule has 0 bridgehead atoms. The highest BCUT2D eigenvalue weighted by Gasteiger charge is 2.34. The van der Waals surface area contributed by atoms with Crippen molar-refractivity contribution >= 4 is 42.4 Å². The zero-order chi connectivity index (χ0) is 30.4. The lowest BCUT2D eigenvalue weighted by Gasteiger charge is -2.37. The number of benzene rings is 1. The van der Waals surface area contributed by atoms with E-state index in [0.29, 0.717) is 13.0 Å². The van der Waals surface area contributed by atoms with E-state index in [0.717, 1.165) is 33.7 Å². The maximum atomic E-state index is 10.9. The number of carboxylic acid groups (broad SMARTS) is 1. The fourth-order valence-electron chi connectivity index (χ4n) is 4.20. The summed E-state index contributed by atoms with van der Waals surface area (Å²) in [6.07, 6.45) is 3.61. The lowest BCUT2D eigenvalue weighted by Crippen LogP contribution is -2.34. The van der Waals surface area contributed by atoms with Gasteiger partial charge < -0.3 is 18.7 Å². The highest BCUT2D eigenvalue weighted by molar-refractivity contribution is 7.10. The Kier molecular flexibility index (Phi) is 12.0. The van der Waals surface area contributed by atoms with Gasteiger partial charge in [-0.15, -0.1) is 11.3 Å². The summed E-state index contributed by atoms with van der Waals surface area (Å²) in [5, 5.41) is 11.5. The summed E-state index contributed by atoms with van der Waals surface area (Å²) in [4.78, 5) is 12.0. The first-order valence-electron chi connectivity index (χ1n) is 14.4. The lowest BCUT2D eigenvalue weighted by molar-refractivity contribution is -0.136. The van der Waals surface area contributed by atoms with E-state index >= 15 is 0 Å². The second kappa shape index (κ2) is 14.0. The Hall–Kier alpha value is -1.72. The van der Waals surface area contributed by atoms with Crippen molar-refractivity contribution in [3.8, 4) is 5.75 Å². The van der Waals surface area contributed by atoms with Gasteiger partial charge in [-0.25, -0.2) is 0 Å². The average Bonchev–Trinajstić information content (AvgIpc) is 3.31. The van der Waals surface area contributed by atoms with Crippen molar-refractivity contribution < 1.29 is 23.5 Å². The zero-order valence-electron chi connectivity index (χ0n) is 26.7. The fraction of sp³-hybridized carbons (Fsp3) is 0.594. The molecule has 0 saturated carbocycles. The Morgan fingerprint density at radius 2 is 1.48 bits per heavy atom.